The van der Waals surface area contributed by atoms with Crippen molar-refractivity contribution >= 4 is 5.97 Å². The third-order valence-electron chi connectivity index (χ3n) is 2.62. The zero-order valence-electron chi connectivity index (χ0n) is 9.72. The summed E-state index contributed by atoms with van der Waals surface area (Å²) in [6.07, 6.45) is 5.94. The van der Waals surface area contributed by atoms with Crippen molar-refractivity contribution in [2.24, 2.45) is 0 Å². The van der Waals surface area contributed by atoms with Crippen LogP contribution in [-0.2, 0) is 0 Å². The lowest BCUT2D eigenvalue weighted by molar-refractivity contribution is 0.0697. The molecule has 19 heavy (non-hydrogen) atoms. The van der Waals surface area contributed by atoms with Crippen LogP contribution < -0.4 is 0 Å². The number of rotatable bonds is 3. The van der Waals surface area contributed by atoms with Crippen LogP contribution in [-0.4, -0.2) is 25.8 Å². The summed E-state index contributed by atoms with van der Waals surface area (Å²) in [7, 11) is 0. The number of aromatic carboxylic acids is 1. The molecule has 3 heterocycles. The molecule has 0 bridgehead atoms. The Balaban J connectivity index is 1.91. The largest absolute Gasteiger partial charge is 0.478 e. The number of hydrogen-bond acceptors (Lipinski definition) is 4. The summed E-state index contributed by atoms with van der Waals surface area (Å²) in [5.74, 6) is 0.256. The van der Waals surface area contributed by atoms with Gasteiger partial charge in [-0.15, -0.1) is 0 Å². The minimum Gasteiger partial charge on any atom is -0.478 e. The molecular weight excluding hydrogens is 246 g/mol. The van der Waals surface area contributed by atoms with Crippen molar-refractivity contribution in [1.82, 2.24) is 14.8 Å². The average Bonchev–Trinajstić information content (AvgIpc) is 3.11. The number of hydrogen-bond donors (Lipinski definition) is 1. The summed E-state index contributed by atoms with van der Waals surface area (Å²) in [6.45, 7) is 0. The molecule has 3 aromatic heterocycles. The van der Waals surface area contributed by atoms with Crippen LogP contribution in [0.3, 0.4) is 0 Å². The lowest BCUT2D eigenvalue weighted by Crippen LogP contribution is -1.98. The van der Waals surface area contributed by atoms with E-state index in [0.29, 0.717) is 5.82 Å². The van der Waals surface area contributed by atoms with Crippen molar-refractivity contribution in [2.75, 3.05) is 0 Å². The fourth-order valence-corrected chi connectivity index (χ4v) is 1.67. The van der Waals surface area contributed by atoms with Gasteiger partial charge >= 0.3 is 5.97 Å². The molecule has 3 aromatic rings. The number of carbonyl (C=O) groups is 1. The highest BCUT2D eigenvalue weighted by Gasteiger charge is 2.08. The summed E-state index contributed by atoms with van der Waals surface area (Å²) in [5.41, 5.74) is 0.969. The summed E-state index contributed by atoms with van der Waals surface area (Å²) < 4.78 is 6.67. The third kappa shape index (κ3) is 2.11. The first-order chi connectivity index (χ1) is 9.24. The van der Waals surface area contributed by atoms with Crippen LogP contribution in [0.25, 0.3) is 17.1 Å². The molecule has 0 aromatic carbocycles. The lowest BCUT2D eigenvalue weighted by atomic mass is 10.2. The summed E-state index contributed by atoms with van der Waals surface area (Å²) >= 11 is 0. The molecule has 0 aliphatic heterocycles. The molecule has 0 spiro atoms. The summed E-state index contributed by atoms with van der Waals surface area (Å²) in [6, 6.07) is 7.22. The molecule has 0 amide bonds. The van der Waals surface area contributed by atoms with E-state index in [1.54, 1.807) is 24.6 Å². The second-order valence-corrected chi connectivity index (χ2v) is 3.86. The van der Waals surface area contributed by atoms with Crippen molar-refractivity contribution in [1.29, 1.82) is 0 Å². The monoisotopic (exact) mass is 255 g/mol. The van der Waals surface area contributed by atoms with Gasteiger partial charge in [0.15, 0.2) is 5.82 Å². The van der Waals surface area contributed by atoms with Crippen LogP contribution in [0.1, 0.15) is 10.4 Å². The van der Waals surface area contributed by atoms with Gasteiger partial charge in [-0.1, -0.05) is 0 Å². The quantitative estimate of drug-likeness (QED) is 0.776. The molecule has 3 rings (SSSR count). The molecule has 0 unspecified atom stereocenters. The van der Waals surface area contributed by atoms with Gasteiger partial charge in [-0.05, 0) is 24.3 Å². The normalized spacial score (nSPS) is 10.5. The van der Waals surface area contributed by atoms with E-state index in [1.165, 1.54) is 17.1 Å². The number of pyridine rings is 1. The standard InChI is InChI=1S/C13H9N3O3/c17-13(18)10-7-15-16(8-10)12-4-3-9(6-14-12)11-2-1-5-19-11/h1-8H,(H,17,18). The van der Waals surface area contributed by atoms with Crippen LogP contribution in [0.5, 0.6) is 0 Å². The van der Waals surface area contributed by atoms with E-state index in [9.17, 15) is 4.79 Å². The van der Waals surface area contributed by atoms with Gasteiger partial charge in [0.2, 0.25) is 0 Å². The maximum absolute atomic E-state index is 10.8. The van der Waals surface area contributed by atoms with Crippen LogP contribution >= 0.6 is 0 Å². The minimum atomic E-state index is -1.02. The molecule has 6 heteroatoms. The molecule has 0 radical (unpaired) electrons. The molecule has 0 saturated carbocycles. The highest BCUT2D eigenvalue weighted by Crippen LogP contribution is 2.19. The third-order valence-corrected chi connectivity index (χ3v) is 2.62. The number of furan rings is 1. The van der Waals surface area contributed by atoms with E-state index >= 15 is 0 Å². The molecular formula is C13H9N3O3. The molecule has 94 valence electrons. The number of aromatic nitrogens is 3. The topological polar surface area (TPSA) is 81.1 Å². The van der Waals surface area contributed by atoms with E-state index in [2.05, 4.69) is 10.1 Å². The van der Waals surface area contributed by atoms with E-state index in [1.807, 2.05) is 12.1 Å². The van der Waals surface area contributed by atoms with Gasteiger partial charge in [-0.2, -0.15) is 5.10 Å². The lowest BCUT2D eigenvalue weighted by Gasteiger charge is -2.01. The van der Waals surface area contributed by atoms with E-state index in [4.69, 9.17) is 9.52 Å². The number of nitrogens with zero attached hydrogens (tertiary/aromatic N) is 3. The van der Waals surface area contributed by atoms with Gasteiger partial charge in [-0.3, -0.25) is 0 Å². The number of carboxylic acid groups (broad SMARTS) is 1. The van der Waals surface area contributed by atoms with Crippen molar-refractivity contribution < 1.29 is 14.3 Å². The average molecular weight is 255 g/mol. The van der Waals surface area contributed by atoms with Gasteiger partial charge < -0.3 is 9.52 Å². The molecule has 0 atom stereocenters. The molecule has 0 aliphatic carbocycles. The van der Waals surface area contributed by atoms with Crippen molar-refractivity contribution in [3.8, 4) is 17.1 Å². The first-order valence-corrected chi connectivity index (χ1v) is 5.52. The molecule has 1 N–H and O–H groups in total. The van der Waals surface area contributed by atoms with Crippen molar-refractivity contribution in [3.63, 3.8) is 0 Å². The van der Waals surface area contributed by atoms with Gasteiger partial charge in [0.1, 0.15) is 5.76 Å². The Morgan fingerprint density at radius 2 is 2.16 bits per heavy atom. The van der Waals surface area contributed by atoms with E-state index in [0.717, 1.165) is 11.3 Å². The molecule has 6 nitrogen and oxygen atoms in total. The Labute approximate surface area is 107 Å². The number of carboxylic acids is 1. The molecule has 0 saturated heterocycles. The maximum Gasteiger partial charge on any atom is 0.338 e. The van der Waals surface area contributed by atoms with Gasteiger partial charge in [0.25, 0.3) is 0 Å². The zero-order chi connectivity index (χ0) is 13.2. The van der Waals surface area contributed by atoms with Crippen LogP contribution in [0.4, 0.5) is 0 Å². The molecule has 0 fully saturated rings. The predicted octanol–water partition coefficient (Wildman–Crippen LogP) is 2.23. The van der Waals surface area contributed by atoms with Gasteiger partial charge in [-0.25, -0.2) is 14.5 Å². The second kappa shape index (κ2) is 4.41. The van der Waals surface area contributed by atoms with Gasteiger partial charge in [0, 0.05) is 18.0 Å². The van der Waals surface area contributed by atoms with Crippen LogP contribution in [0, 0.1) is 0 Å². The first kappa shape index (κ1) is 11.2. The Bertz CT molecular complexity index is 699. The fourth-order valence-electron chi connectivity index (χ4n) is 1.67. The highest BCUT2D eigenvalue weighted by atomic mass is 16.4. The first-order valence-electron chi connectivity index (χ1n) is 5.52. The smallest absolute Gasteiger partial charge is 0.338 e. The van der Waals surface area contributed by atoms with Crippen LogP contribution in [0.15, 0.2) is 53.5 Å². The van der Waals surface area contributed by atoms with E-state index in [-0.39, 0.29) is 5.56 Å². The summed E-state index contributed by atoms with van der Waals surface area (Å²) in [5, 5.41) is 12.8. The Kier molecular flexibility index (Phi) is 2.60. The van der Waals surface area contributed by atoms with E-state index < -0.39 is 5.97 Å². The Morgan fingerprint density at radius 1 is 1.26 bits per heavy atom. The Hall–Kier alpha value is -2.89. The summed E-state index contributed by atoms with van der Waals surface area (Å²) in [4.78, 5) is 15.0. The maximum atomic E-state index is 10.8. The second-order valence-electron chi connectivity index (χ2n) is 3.86. The minimum absolute atomic E-state index is 0.122. The highest BCUT2D eigenvalue weighted by molar-refractivity contribution is 5.86. The van der Waals surface area contributed by atoms with Gasteiger partial charge in [0.05, 0.1) is 18.0 Å². The van der Waals surface area contributed by atoms with Crippen LogP contribution in [0.2, 0.25) is 0 Å². The van der Waals surface area contributed by atoms with Crippen molar-refractivity contribution in [3.05, 3.63) is 54.7 Å². The van der Waals surface area contributed by atoms with Crippen molar-refractivity contribution in [2.45, 2.75) is 0 Å². The SMILES string of the molecule is O=C(O)c1cnn(-c2ccc(-c3ccco3)cn2)c1. The molecule has 0 aliphatic rings. The zero-order valence-corrected chi connectivity index (χ0v) is 9.72. The Morgan fingerprint density at radius 3 is 2.74 bits per heavy atom. The predicted molar refractivity (Wildman–Crippen MR) is 66.0 cm³/mol. The fraction of sp³-hybridized carbons (Fsp3) is 0.